The van der Waals surface area contributed by atoms with E-state index in [1.54, 1.807) is 12.1 Å². The number of hydrogen-bond acceptors (Lipinski definition) is 5. The highest BCUT2D eigenvalue weighted by Crippen LogP contribution is 2.31. The maximum Gasteiger partial charge on any atom is 0.416 e. The van der Waals surface area contributed by atoms with Crippen LogP contribution in [0.5, 0.6) is 5.75 Å². The number of halogens is 3. The Hall–Kier alpha value is -3.57. The zero-order valence-corrected chi connectivity index (χ0v) is 22.0. The SMILES string of the molecule is COCCN(Cc1ccc(OS(=O)(=O)c2cccc(C(F)(F)F)c2)cc1)C(=O)Nc1ccc(C(C)C)cc1. The number of rotatable bonds is 10. The summed E-state index contributed by atoms with van der Waals surface area (Å²) >= 11 is 0. The third kappa shape index (κ3) is 7.96. The minimum atomic E-state index is -4.69. The van der Waals surface area contributed by atoms with E-state index >= 15 is 0 Å². The number of hydrogen-bond donors (Lipinski definition) is 1. The van der Waals surface area contributed by atoms with Gasteiger partial charge in [0.1, 0.15) is 10.6 Å². The zero-order chi connectivity index (χ0) is 27.9. The first-order valence-corrected chi connectivity index (χ1v) is 13.2. The van der Waals surface area contributed by atoms with Crippen molar-refractivity contribution in [2.75, 3.05) is 25.6 Å². The molecule has 2 amide bonds. The standard InChI is InChI=1S/C27H29F3N2O5S/c1-19(2)21-9-11-23(12-10-21)31-26(33)32(15-16-36-3)18-20-7-13-24(14-8-20)37-38(34,35)25-6-4-5-22(17-25)27(28,29)30/h4-14,17,19H,15-16,18H2,1-3H3,(H,31,33). The Kier molecular flexibility index (Phi) is 9.40. The highest BCUT2D eigenvalue weighted by Gasteiger charge is 2.32. The average molecular weight is 551 g/mol. The minimum absolute atomic E-state index is 0.0794. The molecule has 204 valence electrons. The van der Waals surface area contributed by atoms with Crippen LogP contribution in [0.4, 0.5) is 23.7 Å². The lowest BCUT2D eigenvalue weighted by Crippen LogP contribution is -2.36. The molecule has 1 N–H and O–H groups in total. The summed E-state index contributed by atoms with van der Waals surface area (Å²) in [6, 6.07) is 16.4. The number of nitrogens with one attached hydrogen (secondary N) is 1. The van der Waals surface area contributed by atoms with Gasteiger partial charge in [-0.1, -0.05) is 44.2 Å². The lowest BCUT2D eigenvalue weighted by Gasteiger charge is -2.23. The van der Waals surface area contributed by atoms with Crippen molar-refractivity contribution < 1.29 is 35.3 Å². The number of benzene rings is 3. The summed E-state index contributed by atoms with van der Waals surface area (Å²) < 4.78 is 74.1. The van der Waals surface area contributed by atoms with E-state index in [4.69, 9.17) is 8.92 Å². The van der Waals surface area contributed by atoms with Crippen molar-refractivity contribution in [3.63, 3.8) is 0 Å². The van der Waals surface area contributed by atoms with E-state index in [9.17, 15) is 26.4 Å². The predicted molar refractivity (Wildman–Crippen MR) is 138 cm³/mol. The molecule has 0 atom stereocenters. The molecule has 3 aromatic carbocycles. The summed E-state index contributed by atoms with van der Waals surface area (Å²) in [5.41, 5.74) is 1.38. The molecule has 0 unspecified atom stereocenters. The molecule has 0 aliphatic rings. The van der Waals surface area contributed by atoms with Crippen LogP contribution in [-0.2, 0) is 27.6 Å². The van der Waals surface area contributed by atoms with Gasteiger partial charge in [-0.2, -0.15) is 21.6 Å². The van der Waals surface area contributed by atoms with E-state index < -0.39 is 26.8 Å². The minimum Gasteiger partial charge on any atom is -0.383 e. The molecule has 0 heterocycles. The Labute approximate surface area is 220 Å². The van der Waals surface area contributed by atoms with Crippen LogP contribution >= 0.6 is 0 Å². The number of ether oxygens (including phenoxy) is 1. The largest absolute Gasteiger partial charge is 0.416 e. The molecule has 0 bridgehead atoms. The molecule has 7 nitrogen and oxygen atoms in total. The molecule has 0 radical (unpaired) electrons. The number of alkyl halides is 3. The highest BCUT2D eigenvalue weighted by atomic mass is 32.2. The molecule has 0 fully saturated rings. The predicted octanol–water partition coefficient (Wildman–Crippen LogP) is 6.28. The normalized spacial score (nSPS) is 11.9. The second-order valence-electron chi connectivity index (χ2n) is 8.83. The van der Waals surface area contributed by atoms with Gasteiger partial charge < -0.3 is 19.1 Å². The zero-order valence-electron chi connectivity index (χ0n) is 21.2. The lowest BCUT2D eigenvalue weighted by atomic mass is 10.0. The number of methoxy groups -OCH3 is 1. The summed E-state index contributed by atoms with van der Waals surface area (Å²) in [5, 5.41) is 2.86. The van der Waals surface area contributed by atoms with Crippen molar-refractivity contribution in [1.82, 2.24) is 4.90 Å². The molecule has 3 rings (SSSR count). The molecule has 38 heavy (non-hydrogen) atoms. The highest BCUT2D eigenvalue weighted by molar-refractivity contribution is 7.87. The molecule has 0 saturated carbocycles. The van der Waals surface area contributed by atoms with Crippen LogP contribution in [0, 0.1) is 0 Å². The number of nitrogens with zero attached hydrogens (tertiary/aromatic N) is 1. The molecule has 0 aliphatic carbocycles. The maximum absolute atomic E-state index is 13.0. The second kappa shape index (κ2) is 12.3. The van der Waals surface area contributed by atoms with Crippen LogP contribution in [-0.4, -0.2) is 39.6 Å². The molecular weight excluding hydrogens is 521 g/mol. The summed E-state index contributed by atoms with van der Waals surface area (Å²) in [7, 11) is -2.97. The first-order chi connectivity index (χ1) is 17.9. The summed E-state index contributed by atoms with van der Waals surface area (Å²) in [4.78, 5) is 13.9. The Morgan fingerprint density at radius 2 is 1.66 bits per heavy atom. The van der Waals surface area contributed by atoms with Crippen molar-refractivity contribution in [2.24, 2.45) is 0 Å². The molecule has 0 saturated heterocycles. The van der Waals surface area contributed by atoms with Crippen molar-refractivity contribution in [3.8, 4) is 5.75 Å². The first-order valence-electron chi connectivity index (χ1n) is 11.7. The molecule has 3 aromatic rings. The van der Waals surface area contributed by atoms with E-state index in [-0.39, 0.29) is 18.3 Å². The fraction of sp³-hybridized carbons (Fsp3) is 0.296. The van der Waals surface area contributed by atoms with Crippen molar-refractivity contribution >= 4 is 21.8 Å². The number of urea groups is 1. The second-order valence-corrected chi connectivity index (χ2v) is 10.4. The van der Waals surface area contributed by atoms with E-state index in [0.717, 1.165) is 23.8 Å². The number of carbonyl (C=O) groups is 1. The van der Waals surface area contributed by atoms with Crippen LogP contribution in [0.25, 0.3) is 0 Å². The van der Waals surface area contributed by atoms with Crippen LogP contribution in [0.3, 0.4) is 0 Å². The number of anilines is 1. The third-order valence-electron chi connectivity index (χ3n) is 5.63. The summed E-state index contributed by atoms with van der Waals surface area (Å²) in [6.07, 6.45) is -4.69. The maximum atomic E-state index is 13.0. The summed E-state index contributed by atoms with van der Waals surface area (Å²) in [6.45, 7) is 4.96. The fourth-order valence-corrected chi connectivity index (χ4v) is 4.46. The van der Waals surface area contributed by atoms with Crippen LogP contribution in [0.15, 0.2) is 77.7 Å². The smallest absolute Gasteiger partial charge is 0.383 e. The van der Waals surface area contributed by atoms with Crippen LogP contribution in [0.2, 0.25) is 0 Å². The monoisotopic (exact) mass is 550 g/mol. The van der Waals surface area contributed by atoms with Crippen molar-refractivity contribution in [2.45, 2.75) is 37.4 Å². The Morgan fingerprint density at radius 3 is 2.24 bits per heavy atom. The number of carbonyl (C=O) groups excluding carboxylic acids is 1. The Bertz CT molecular complexity index is 1330. The lowest BCUT2D eigenvalue weighted by molar-refractivity contribution is -0.137. The van der Waals surface area contributed by atoms with Crippen LogP contribution in [0.1, 0.15) is 36.5 Å². The molecule has 0 aromatic heterocycles. The van der Waals surface area contributed by atoms with Gasteiger partial charge in [-0.3, -0.25) is 0 Å². The fourth-order valence-electron chi connectivity index (χ4n) is 3.48. The molecule has 0 spiro atoms. The van der Waals surface area contributed by atoms with Gasteiger partial charge in [-0.05, 0) is 59.5 Å². The quantitative estimate of drug-likeness (QED) is 0.301. The van der Waals surface area contributed by atoms with E-state index in [1.807, 2.05) is 24.3 Å². The van der Waals surface area contributed by atoms with Gasteiger partial charge in [0.25, 0.3) is 0 Å². The average Bonchev–Trinajstić information content (AvgIpc) is 2.87. The molecule has 11 heteroatoms. The van der Waals surface area contributed by atoms with Crippen LogP contribution < -0.4 is 9.50 Å². The van der Waals surface area contributed by atoms with Crippen molar-refractivity contribution in [1.29, 1.82) is 0 Å². The van der Waals surface area contributed by atoms with Gasteiger partial charge in [-0.15, -0.1) is 0 Å². The Balaban J connectivity index is 1.69. The topological polar surface area (TPSA) is 84.9 Å². The van der Waals surface area contributed by atoms with Gasteiger partial charge in [0.15, 0.2) is 0 Å². The van der Waals surface area contributed by atoms with E-state index in [0.29, 0.717) is 36.4 Å². The van der Waals surface area contributed by atoms with Gasteiger partial charge in [-0.25, -0.2) is 4.79 Å². The van der Waals surface area contributed by atoms with E-state index in [1.165, 1.54) is 24.1 Å². The van der Waals surface area contributed by atoms with E-state index in [2.05, 4.69) is 19.2 Å². The summed E-state index contributed by atoms with van der Waals surface area (Å²) in [5.74, 6) is 0.286. The first kappa shape index (κ1) is 29.0. The molecule has 0 aliphatic heterocycles. The van der Waals surface area contributed by atoms with Gasteiger partial charge >= 0.3 is 22.3 Å². The van der Waals surface area contributed by atoms with Gasteiger partial charge in [0, 0.05) is 25.9 Å². The van der Waals surface area contributed by atoms with Gasteiger partial charge in [0.05, 0.1) is 12.2 Å². The number of amides is 2. The van der Waals surface area contributed by atoms with Gasteiger partial charge in [0.2, 0.25) is 0 Å². The molecular formula is C27H29F3N2O5S. The third-order valence-corrected chi connectivity index (χ3v) is 6.88. The Morgan fingerprint density at radius 1 is 1.00 bits per heavy atom. The van der Waals surface area contributed by atoms with Crippen molar-refractivity contribution in [3.05, 3.63) is 89.5 Å².